The summed E-state index contributed by atoms with van der Waals surface area (Å²) in [6, 6.07) is 0. The zero-order valence-electron chi connectivity index (χ0n) is 8.19. The van der Waals surface area contributed by atoms with Crippen molar-refractivity contribution < 1.29 is 4.39 Å². The molecule has 0 radical (unpaired) electrons. The molecular formula is C10H16FN. The van der Waals surface area contributed by atoms with Crippen molar-refractivity contribution in [1.29, 1.82) is 0 Å². The molecule has 0 aromatic carbocycles. The maximum Gasteiger partial charge on any atom is 0.144 e. The van der Waals surface area contributed by atoms with E-state index in [-0.39, 0.29) is 11.7 Å². The number of hydrogen-bond donors (Lipinski definition) is 0. The first-order valence-electron chi connectivity index (χ1n) is 3.98. The van der Waals surface area contributed by atoms with E-state index in [9.17, 15) is 4.39 Å². The van der Waals surface area contributed by atoms with Crippen LogP contribution in [0.15, 0.2) is 29.0 Å². The van der Waals surface area contributed by atoms with Crippen LogP contribution >= 0.6 is 0 Å². The first-order valence-corrected chi connectivity index (χ1v) is 3.98. The summed E-state index contributed by atoms with van der Waals surface area (Å²) in [5.41, 5.74) is 1.20. The summed E-state index contributed by atoms with van der Waals surface area (Å²) in [6.45, 7) is 9.18. The molecule has 0 saturated carbocycles. The molecule has 2 heteroatoms. The van der Waals surface area contributed by atoms with E-state index >= 15 is 0 Å². The van der Waals surface area contributed by atoms with Crippen LogP contribution in [-0.2, 0) is 0 Å². The lowest BCUT2D eigenvalue weighted by Gasteiger charge is -2.06. The first kappa shape index (κ1) is 11.1. The molecule has 0 heterocycles. The fraction of sp³-hybridized carbons (Fsp3) is 0.500. The third-order valence-electron chi connectivity index (χ3n) is 1.41. The molecule has 0 fully saturated rings. The molecule has 12 heavy (non-hydrogen) atoms. The second-order valence-corrected chi connectivity index (χ2v) is 3.10. The largest absolute Gasteiger partial charge is 0.290 e. The van der Waals surface area contributed by atoms with Gasteiger partial charge in [0.1, 0.15) is 5.83 Å². The average molecular weight is 169 g/mol. The van der Waals surface area contributed by atoms with Gasteiger partial charge in [0.15, 0.2) is 0 Å². The highest BCUT2D eigenvalue weighted by Crippen LogP contribution is 2.11. The molecule has 0 aliphatic rings. The van der Waals surface area contributed by atoms with Crippen molar-refractivity contribution in [2.75, 3.05) is 7.05 Å². The van der Waals surface area contributed by atoms with E-state index in [1.807, 2.05) is 13.8 Å². The Kier molecular flexibility index (Phi) is 4.49. The number of allylic oxidation sites excluding steroid dienone is 3. The predicted octanol–water partition coefficient (Wildman–Crippen LogP) is 3.14. The van der Waals surface area contributed by atoms with E-state index in [0.29, 0.717) is 11.3 Å². The molecule has 0 saturated heterocycles. The zero-order chi connectivity index (χ0) is 9.72. The summed E-state index contributed by atoms with van der Waals surface area (Å²) in [6.07, 6.45) is 1.41. The van der Waals surface area contributed by atoms with Gasteiger partial charge in [0.25, 0.3) is 0 Å². The van der Waals surface area contributed by atoms with Gasteiger partial charge in [-0.25, -0.2) is 4.39 Å². The molecule has 68 valence electrons. The third kappa shape index (κ3) is 3.46. The van der Waals surface area contributed by atoms with Crippen molar-refractivity contribution in [3.8, 4) is 0 Å². The molecule has 0 aromatic rings. The van der Waals surface area contributed by atoms with E-state index in [4.69, 9.17) is 0 Å². The Balaban J connectivity index is 4.66. The third-order valence-corrected chi connectivity index (χ3v) is 1.41. The Labute approximate surface area is 73.7 Å². The first-order chi connectivity index (χ1) is 5.49. The van der Waals surface area contributed by atoms with Crippen LogP contribution < -0.4 is 0 Å². The number of hydrogen-bond acceptors (Lipinski definition) is 1. The molecule has 0 aliphatic heterocycles. The molecule has 0 spiro atoms. The SMILES string of the molecule is C=C(C)/C=C(/F)C(=NC)C(C)C. The molecule has 0 aromatic heterocycles. The lowest BCUT2D eigenvalue weighted by molar-refractivity contribution is 0.662. The molecule has 0 aliphatic carbocycles. The summed E-state index contributed by atoms with van der Waals surface area (Å²) in [5, 5.41) is 0. The fourth-order valence-electron chi connectivity index (χ4n) is 0.931. The Morgan fingerprint density at radius 3 is 2.25 bits per heavy atom. The van der Waals surface area contributed by atoms with E-state index in [1.165, 1.54) is 6.08 Å². The van der Waals surface area contributed by atoms with Crippen molar-refractivity contribution >= 4 is 5.71 Å². The topological polar surface area (TPSA) is 12.4 Å². The molecular weight excluding hydrogens is 153 g/mol. The van der Waals surface area contributed by atoms with Crippen LogP contribution in [0.3, 0.4) is 0 Å². The van der Waals surface area contributed by atoms with E-state index in [1.54, 1.807) is 14.0 Å². The second-order valence-electron chi connectivity index (χ2n) is 3.10. The lowest BCUT2D eigenvalue weighted by atomic mass is 10.1. The van der Waals surface area contributed by atoms with Gasteiger partial charge in [-0.2, -0.15) is 0 Å². The summed E-state index contributed by atoms with van der Waals surface area (Å²) in [5.74, 6) is -0.161. The van der Waals surface area contributed by atoms with Crippen LogP contribution in [-0.4, -0.2) is 12.8 Å². The number of halogens is 1. The van der Waals surface area contributed by atoms with E-state index in [0.717, 1.165) is 0 Å². The highest BCUT2D eigenvalue weighted by atomic mass is 19.1. The van der Waals surface area contributed by atoms with Gasteiger partial charge in [0, 0.05) is 7.05 Å². The number of aliphatic imine (C=N–C) groups is 1. The molecule has 0 rings (SSSR count). The summed E-state index contributed by atoms with van der Waals surface area (Å²) < 4.78 is 13.2. The molecule has 1 nitrogen and oxygen atoms in total. The van der Waals surface area contributed by atoms with Crippen LogP contribution in [0.5, 0.6) is 0 Å². The van der Waals surface area contributed by atoms with Crippen molar-refractivity contribution in [3.05, 3.63) is 24.1 Å². The number of nitrogens with zero attached hydrogens (tertiary/aromatic N) is 1. The average Bonchev–Trinajstić information content (AvgIpc) is 1.85. The maximum atomic E-state index is 13.2. The van der Waals surface area contributed by atoms with Crippen LogP contribution in [0.4, 0.5) is 4.39 Å². The molecule has 0 unspecified atom stereocenters. The van der Waals surface area contributed by atoms with Crippen LogP contribution in [0.1, 0.15) is 20.8 Å². The highest BCUT2D eigenvalue weighted by molar-refractivity contribution is 5.99. The van der Waals surface area contributed by atoms with Crippen LogP contribution in [0.2, 0.25) is 0 Å². The van der Waals surface area contributed by atoms with Crippen molar-refractivity contribution in [2.45, 2.75) is 20.8 Å². The second kappa shape index (κ2) is 4.86. The summed E-state index contributed by atoms with van der Waals surface area (Å²) in [4.78, 5) is 3.87. The van der Waals surface area contributed by atoms with Gasteiger partial charge in [-0.05, 0) is 18.9 Å². The predicted molar refractivity (Wildman–Crippen MR) is 52.2 cm³/mol. The van der Waals surface area contributed by atoms with E-state index < -0.39 is 0 Å². The Morgan fingerprint density at radius 1 is 1.50 bits per heavy atom. The molecule has 0 atom stereocenters. The minimum absolute atomic E-state index is 0.116. The minimum atomic E-state index is -0.278. The van der Waals surface area contributed by atoms with Crippen LogP contribution in [0.25, 0.3) is 0 Å². The monoisotopic (exact) mass is 169 g/mol. The minimum Gasteiger partial charge on any atom is -0.290 e. The maximum absolute atomic E-state index is 13.2. The van der Waals surface area contributed by atoms with Gasteiger partial charge in [-0.3, -0.25) is 4.99 Å². The molecule has 0 N–H and O–H groups in total. The molecule has 0 bridgehead atoms. The van der Waals surface area contributed by atoms with Gasteiger partial charge in [0.2, 0.25) is 0 Å². The van der Waals surface area contributed by atoms with Gasteiger partial charge in [-0.1, -0.05) is 26.0 Å². The van der Waals surface area contributed by atoms with Gasteiger partial charge in [0.05, 0.1) is 5.71 Å². The smallest absolute Gasteiger partial charge is 0.144 e. The van der Waals surface area contributed by atoms with Gasteiger partial charge in [-0.15, -0.1) is 0 Å². The fourth-order valence-corrected chi connectivity index (χ4v) is 0.931. The van der Waals surface area contributed by atoms with Crippen molar-refractivity contribution in [3.63, 3.8) is 0 Å². The van der Waals surface area contributed by atoms with Crippen LogP contribution in [0, 0.1) is 5.92 Å². The van der Waals surface area contributed by atoms with Crippen molar-refractivity contribution in [2.24, 2.45) is 10.9 Å². The quantitative estimate of drug-likeness (QED) is 0.454. The van der Waals surface area contributed by atoms with E-state index in [2.05, 4.69) is 11.6 Å². The van der Waals surface area contributed by atoms with Crippen molar-refractivity contribution in [1.82, 2.24) is 0 Å². The lowest BCUT2D eigenvalue weighted by Crippen LogP contribution is -2.08. The molecule has 0 amide bonds. The normalized spacial score (nSPS) is 13.8. The highest BCUT2D eigenvalue weighted by Gasteiger charge is 2.09. The van der Waals surface area contributed by atoms with Gasteiger partial charge >= 0.3 is 0 Å². The standard InChI is InChI=1S/C10H16FN/c1-7(2)6-9(11)10(12-5)8(3)4/h6,8H,1H2,2-5H3/b9-6+,12-10?. The summed E-state index contributed by atoms with van der Waals surface area (Å²) in [7, 11) is 1.60. The Bertz CT molecular complexity index is 224. The Morgan fingerprint density at radius 2 is 2.00 bits per heavy atom. The Hall–Kier alpha value is -0.920. The summed E-state index contributed by atoms with van der Waals surface area (Å²) >= 11 is 0. The van der Waals surface area contributed by atoms with Gasteiger partial charge < -0.3 is 0 Å². The number of rotatable bonds is 3. The zero-order valence-corrected chi connectivity index (χ0v) is 8.19.